The van der Waals surface area contributed by atoms with Crippen LogP contribution in [0.25, 0.3) is 0 Å². The zero-order valence-corrected chi connectivity index (χ0v) is 11.7. The zero-order valence-electron chi connectivity index (χ0n) is 10.8. The Morgan fingerprint density at radius 2 is 1.89 bits per heavy atom. The number of aryl methyl sites for hydroxylation is 1. The summed E-state index contributed by atoms with van der Waals surface area (Å²) in [4.78, 5) is 0.391. The van der Waals surface area contributed by atoms with Crippen molar-refractivity contribution in [3.63, 3.8) is 0 Å². The predicted molar refractivity (Wildman–Crippen MR) is 72.9 cm³/mol. The molecule has 0 spiro atoms. The lowest BCUT2D eigenvalue weighted by Gasteiger charge is -2.23. The lowest BCUT2D eigenvalue weighted by molar-refractivity contribution is 0.403. The van der Waals surface area contributed by atoms with Gasteiger partial charge in [0.05, 0.1) is 4.90 Å². The van der Waals surface area contributed by atoms with Crippen LogP contribution in [0.1, 0.15) is 25.8 Å². The van der Waals surface area contributed by atoms with Crippen LogP contribution in [0.3, 0.4) is 0 Å². The van der Waals surface area contributed by atoms with Gasteiger partial charge in [0.2, 0.25) is 10.0 Å². The van der Waals surface area contributed by atoms with E-state index < -0.39 is 10.0 Å². The van der Waals surface area contributed by atoms with Crippen LogP contribution >= 0.6 is 0 Å². The van der Waals surface area contributed by atoms with Crippen LogP contribution in [0.15, 0.2) is 41.3 Å². The molecule has 2 rings (SSSR count). The first-order chi connectivity index (χ1) is 8.59. The van der Waals surface area contributed by atoms with Crippen molar-refractivity contribution in [1.29, 1.82) is 0 Å². The standard InChI is InChI=1S/C14H19NO2S/c1-3-12-7-9-14(10-8-12)18(16,17)15-11-5-6-13(15)4-2/h5-10,13H,3-4,11H2,1-2H3. The van der Waals surface area contributed by atoms with E-state index in [-0.39, 0.29) is 6.04 Å². The lowest BCUT2D eigenvalue weighted by Crippen LogP contribution is -2.35. The van der Waals surface area contributed by atoms with Crippen molar-refractivity contribution in [2.45, 2.75) is 37.6 Å². The van der Waals surface area contributed by atoms with Gasteiger partial charge in [0.1, 0.15) is 0 Å². The molecular formula is C14H19NO2S. The molecule has 3 nitrogen and oxygen atoms in total. The summed E-state index contributed by atoms with van der Waals surface area (Å²) >= 11 is 0. The van der Waals surface area contributed by atoms with E-state index in [2.05, 4.69) is 6.92 Å². The van der Waals surface area contributed by atoms with Crippen LogP contribution in [0, 0.1) is 0 Å². The van der Waals surface area contributed by atoms with Crippen LogP contribution in [-0.4, -0.2) is 25.3 Å². The predicted octanol–water partition coefficient (Wildman–Crippen LogP) is 2.59. The molecule has 0 aromatic heterocycles. The van der Waals surface area contributed by atoms with Gasteiger partial charge in [-0.05, 0) is 30.5 Å². The first kappa shape index (κ1) is 13.3. The monoisotopic (exact) mass is 265 g/mol. The average molecular weight is 265 g/mol. The normalized spacial score (nSPS) is 20.4. The van der Waals surface area contributed by atoms with Crippen molar-refractivity contribution in [3.05, 3.63) is 42.0 Å². The van der Waals surface area contributed by atoms with E-state index >= 15 is 0 Å². The van der Waals surface area contributed by atoms with Crippen molar-refractivity contribution < 1.29 is 8.42 Å². The van der Waals surface area contributed by atoms with Crippen LogP contribution in [0.2, 0.25) is 0 Å². The van der Waals surface area contributed by atoms with E-state index in [1.165, 1.54) is 0 Å². The highest BCUT2D eigenvalue weighted by Gasteiger charge is 2.30. The van der Waals surface area contributed by atoms with E-state index in [0.29, 0.717) is 11.4 Å². The highest BCUT2D eigenvalue weighted by molar-refractivity contribution is 7.89. The van der Waals surface area contributed by atoms with Gasteiger partial charge < -0.3 is 0 Å². The van der Waals surface area contributed by atoms with E-state index in [0.717, 1.165) is 18.4 Å². The Morgan fingerprint density at radius 1 is 1.22 bits per heavy atom. The molecule has 1 aliphatic heterocycles. The molecule has 1 unspecified atom stereocenters. The lowest BCUT2D eigenvalue weighted by atomic mass is 10.2. The van der Waals surface area contributed by atoms with Crippen LogP contribution < -0.4 is 0 Å². The Hall–Kier alpha value is -1.13. The van der Waals surface area contributed by atoms with Crippen molar-refractivity contribution >= 4 is 10.0 Å². The number of benzene rings is 1. The van der Waals surface area contributed by atoms with Gasteiger partial charge in [-0.3, -0.25) is 0 Å². The Morgan fingerprint density at radius 3 is 2.44 bits per heavy atom. The van der Waals surface area contributed by atoms with Gasteiger partial charge >= 0.3 is 0 Å². The minimum absolute atomic E-state index is 0.000789. The van der Waals surface area contributed by atoms with Crippen LogP contribution in [0.5, 0.6) is 0 Å². The molecule has 0 N–H and O–H groups in total. The Labute approximate surface area is 109 Å². The second-order valence-corrected chi connectivity index (χ2v) is 6.37. The molecule has 4 heteroatoms. The van der Waals surface area contributed by atoms with Crippen molar-refractivity contribution in [1.82, 2.24) is 4.31 Å². The summed E-state index contributed by atoms with van der Waals surface area (Å²) in [6.07, 6.45) is 5.62. The Bertz CT molecular complexity index is 531. The summed E-state index contributed by atoms with van der Waals surface area (Å²) in [6.45, 7) is 4.54. The van der Waals surface area contributed by atoms with Gasteiger partial charge in [0.25, 0.3) is 0 Å². The molecule has 0 aliphatic carbocycles. The Kier molecular flexibility index (Phi) is 3.88. The van der Waals surface area contributed by atoms with E-state index in [1.807, 2.05) is 31.2 Å². The molecule has 98 valence electrons. The number of hydrogen-bond acceptors (Lipinski definition) is 2. The van der Waals surface area contributed by atoms with Gasteiger partial charge in [-0.2, -0.15) is 4.31 Å². The number of hydrogen-bond donors (Lipinski definition) is 0. The van der Waals surface area contributed by atoms with E-state index in [9.17, 15) is 8.42 Å². The summed E-state index contributed by atoms with van der Waals surface area (Å²) in [6, 6.07) is 7.19. The first-order valence-corrected chi connectivity index (χ1v) is 7.81. The minimum atomic E-state index is -3.35. The molecule has 1 aromatic carbocycles. The second-order valence-electron chi connectivity index (χ2n) is 4.48. The molecule has 1 atom stereocenters. The summed E-state index contributed by atoms with van der Waals surface area (Å²) in [5, 5.41) is 0. The largest absolute Gasteiger partial charge is 0.243 e. The Balaban J connectivity index is 2.30. The van der Waals surface area contributed by atoms with Crippen LogP contribution in [-0.2, 0) is 16.4 Å². The second kappa shape index (κ2) is 5.24. The van der Waals surface area contributed by atoms with Gasteiger partial charge in [-0.25, -0.2) is 8.42 Å². The summed E-state index contributed by atoms with van der Waals surface area (Å²) in [7, 11) is -3.35. The fourth-order valence-electron chi connectivity index (χ4n) is 2.20. The number of rotatable bonds is 4. The third kappa shape index (κ3) is 2.35. The molecular weight excluding hydrogens is 246 g/mol. The first-order valence-electron chi connectivity index (χ1n) is 6.37. The fraction of sp³-hybridized carbons (Fsp3) is 0.429. The van der Waals surface area contributed by atoms with Crippen molar-refractivity contribution in [3.8, 4) is 0 Å². The zero-order chi connectivity index (χ0) is 13.2. The average Bonchev–Trinajstić information content (AvgIpc) is 2.88. The van der Waals surface area contributed by atoms with Gasteiger partial charge in [-0.15, -0.1) is 0 Å². The molecule has 0 saturated heterocycles. The number of sulfonamides is 1. The third-order valence-electron chi connectivity index (χ3n) is 3.37. The summed E-state index contributed by atoms with van der Waals surface area (Å²) in [5.41, 5.74) is 1.15. The van der Waals surface area contributed by atoms with E-state index in [1.54, 1.807) is 16.4 Å². The molecule has 0 radical (unpaired) electrons. The SMILES string of the molecule is CCc1ccc(S(=O)(=O)N2CC=CC2CC)cc1. The topological polar surface area (TPSA) is 37.4 Å². The highest BCUT2D eigenvalue weighted by Crippen LogP contribution is 2.23. The number of nitrogens with zero attached hydrogens (tertiary/aromatic N) is 1. The molecule has 18 heavy (non-hydrogen) atoms. The van der Waals surface area contributed by atoms with Crippen molar-refractivity contribution in [2.24, 2.45) is 0 Å². The van der Waals surface area contributed by atoms with Gasteiger partial charge in [-0.1, -0.05) is 38.1 Å². The minimum Gasteiger partial charge on any atom is -0.207 e. The van der Waals surface area contributed by atoms with Crippen molar-refractivity contribution in [2.75, 3.05) is 6.54 Å². The highest BCUT2D eigenvalue weighted by atomic mass is 32.2. The summed E-state index contributed by atoms with van der Waals surface area (Å²) < 4.78 is 26.5. The molecule has 1 heterocycles. The quantitative estimate of drug-likeness (QED) is 0.785. The van der Waals surface area contributed by atoms with Gasteiger partial charge in [0, 0.05) is 12.6 Å². The third-order valence-corrected chi connectivity index (χ3v) is 5.28. The maximum absolute atomic E-state index is 12.5. The maximum atomic E-state index is 12.5. The van der Waals surface area contributed by atoms with E-state index in [4.69, 9.17) is 0 Å². The fourth-order valence-corrected chi connectivity index (χ4v) is 3.81. The molecule has 1 aromatic rings. The maximum Gasteiger partial charge on any atom is 0.243 e. The molecule has 0 amide bonds. The molecule has 1 aliphatic rings. The van der Waals surface area contributed by atoms with Crippen LogP contribution in [0.4, 0.5) is 0 Å². The smallest absolute Gasteiger partial charge is 0.207 e. The van der Waals surface area contributed by atoms with Gasteiger partial charge in [0.15, 0.2) is 0 Å². The summed E-state index contributed by atoms with van der Waals surface area (Å²) in [5.74, 6) is 0. The molecule has 0 saturated carbocycles. The molecule has 0 bridgehead atoms. The molecule has 0 fully saturated rings.